The molecule has 0 amide bonds. The normalized spacial score (nSPS) is 15.4. The highest BCUT2D eigenvalue weighted by Gasteiger charge is 2.34. The molecular formula is C25H27N3O3. The van der Waals surface area contributed by atoms with E-state index >= 15 is 0 Å². The molecule has 3 aromatic rings. The molecule has 1 N–H and O–H groups in total. The number of carbonyl (C=O) groups excluding carboxylic acids is 1. The van der Waals surface area contributed by atoms with Gasteiger partial charge in [0.15, 0.2) is 0 Å². The van der Waals surface area contributed by atoms with E-state index in [0.717, 1.165) is 40.9 Å². The van der Waals surface area contributed by atoms with Crippen LogP contribution in [0.25, 0.3) is 11.0 Å². The van der Waals surface area contributed by atoms with E-state index in [9.17, 15) is 4.79 Å². The predicted molar refractivity (Wildman–Crippen MR) is 122 cm³/mol. The van der Waals surface area contributed by atoms with Gasteiger partial charge < -0.3 is 14.8 Å². The molecule has 31 heavy (non-hydrogen) atoms. The molecule has 0 bridgehead atoms. The second-order valence-electron chi connectivity index (χ2n) is 7.52. The molecule has 4 rings (SSSR count). The third-order valence-corrected chi connectivity index (χ3v) is 5.35. The molecular weight excluding hydrogens is 390 g/mol. The molecule has 0 radical (unpaired) electrons. The average Bonchev–Trinajstić information content (AvgIpc) is 3.15. The fourth-order valence-corrected chi connectivity index (χ4v) is 3.84. The predicted octanol–water partition coefficient (Wildman–Crippen LogP) is 5.23. The number of para-hydroxylation sites is 2. The van der Waals surface area contributed by atoms with Gasteiger partial charge in [0, 0.05) is 5.70 Å². The van der Waals surface area contributed by atoms with Crippen LogP contribution in [0.4, 0.5) is 5.95 Å². The van der Waals surface area contributed by atoms with Crippen molar-refractivity contribution in [2.75, 3.05) is 18.5 Å². The Labute approximate surface area is 182 Å². The van der Waals surface area contributed by atoms with Crippen molar-refractivity contribution in [3.05, 3.63) is 78.0 Å². The maximum Gasteiger partial charge on any atom is 0.338 e. The molecule has 0 saturated carbocycles. The van der Waals surface area contributed by atoms with Crippen LogP contribution >= 0.6 is 0 Å². The van der Waals surface area contributed by atoms with Gasteiger partial charge in [0.25, 0.3) is 0 Å². The number of ether oxygens (including phenoxy) is 2. The van der Waals surface area contributed by atoms with Crippen LogP contribution in [0.2, 0.25) is 0 Å². The number of unbranched alkanes of at least 4 members (excludes halogenated alkanes) is 1. The quantitative estimate of drug-likeness (QED) is 0.309. The van der Waals surface area contributed by atoms with Crippen molar-refractivity contribution in [2.24, 2.45) is 0 Å². The number of aromatic nitrogens is 2. The topological polar surface area (TPSA) is 65.4 Å². The van der Waals surface area contributed by atoms with E-state index in [1.54, 1.807) is 6.08 Å². The van der Waals surface area contributed by atoms with E-state index in [1.165, 1.54) is 0 Å². The first-order valence-electron chi connectivity index (χ1n) is 10.6. The first-order valence-corrected chi connectivity index (χ1v) is 10.6. The highest BCUT2D eigenvalue weighted by molar-refractivity contribution is 5.94. The molecule has 0 spiro atoms. The van der Waals surface area contributed by atoms with Crippen molar-refractivity contribution in [3.63, 3.8) is 0 Å². The molecule has 1 aromatic heterocycles. The van der Waals surface area contributed by atoms with E-state index in [0.29, 0.717) is 18.1 Å². The van der Waals surface area contributed by atoms with Crippen LogP contribution in [0, 0.1) is 0 Å². The van der Waals surface area contributed by atoms with E-state index in [1.807, 2.05) is 55.5 Å². The number of carbonyl (C=O) groups is 1. The molecule has 0 saturated heterocycles. The first kappa shape index (κ1) is 20.7. The highest BCUT2D eigenvalue weighted by atomic mass is 16.5. The SMILES string of the molecule is C=CCOC(=O)C1=C(C)Nc2nc3ccccc3n2[C@H]1c1ccc(OCCCC)cc1. The van der Waals surface area contributed by atoms with Crippen LogP contribution in [0.5, 0.6) is 5.75 Å². The molecule has 2 aromatic carbocycles. The number of anilines is 1. The van der Waals surface area contributed by atoms with E-state index < -0.39 is 0 Å². The molecule has 1 atom stereocenters. The third-order valence-electron chi connectivity index (χ3n) is 5.35. The van der Waals surface area contributed by atoms with Crippen molar-refractivity contribution in [3.8, 4) is 5.75 Å². The second-order valence-corrected chi connectivity index (χ2v) is 7.52. The Morgan fingerprint density at radius 2 is 2.00 bits per heavy atom. The summed E-state index contributed by atoms with van der Waals surface area (Å²) in [6, 6.07) is 15.4. The Kier molecular flexibility index (Phi) is 6.07. The van der Waals surface area contributed by atoms with E-state index in [-0.39, 0.29) is 18.6 Å². The summed E-state index contributed by atoms with van der Waals surface area (Å²) in [7, 11) is 0. The fraction of sp³-hybridized carbons (Fsp3) is 0.280. The Morgan fingerprint density at radius 3 is 2.74 bits per heavy atom. The van der Waals surface area contributed by atoms with Gasteiger partial charge in [-0.1, -0.05) is 50.3 Å². The monoisotopic (exact) mass is 417 g/mol. The Balaban J connectivity index is 1.79. The molecule has 1 aliphatic heterocycles. The lowest BCUT2D eigenvalue weighted by Crippen LogP contribution is -2.29. The lowest BCUT2D eigenvalue weighted by Gasteiger charge is -2.30. The summed E-state index contributed by atoms with van der Waals surface area (Å²) in [6.07, 6.45) is 3.67. The number of hydrogen-bond donors (Lipinski definition) is 1. The van der Waals surface area contributed by atoms with Gasteiger partial charge >= 0.3 is 5.97 Å². The molecule has 160 valence electrons. The Hall–Kier alpha value is -3.54. The smallest absolute Gasteiger partial charge is 0.338 e. The number of esters is 1. The molecule has 0 unspecified atom stereocenters. The van der Waals surface area contributed by atoms with Crippen molar-refractivity contribution < 1.29 is 14.3 Å². The van der Waals surface area contributed by atoms with Gasteiger partial charge in [-0.2, -0.15) is 0 Å². The number of allylic oxidation sites excluding steroid dienone is 1. The van der Waals surface area contributed by atoms with Gasteiger partial charge in [-0.05, 0) is 43.2 Å². The summed E-state index contributed by atoms with van der Waals surface area (Å²) in [4.78, 5) is 17.8. The summed E-state index contributed by atoms with van der Waals surface area (Å²) in [5.41, 5.74) is 4.05. The van der Waals surface area contributed by atoms with Crippen molar-refractivity contribution >= 4 is 23.0 Å². The Bertz CT molecular complexity index is 1130. The molecule has 0 aliphatic carbocycles. The van der Waals surface area contributed by atoms with Gasteiger partial charge in [0.1, 0.15) is 12.4 Å². The molecule has 6 heteroatoms. The van der Waals surface area contributed by atoms with Crippen molar-refractivity contribution in [2.45, 2.75) is 32.7 Å². The zero-order valence-electron chi connectivity index (χ0n) is 17.9. The highest BCUT2D eigenvalue weighted by Crippen LogP contribution is 2.39. The van der Waals surface area contributed by atoms with Gasteiger partial charge in [-0.3, -0.25) is 4.57 Å². The number of hydrogen-bond acceptors (Lipinski definition) is 5. The van der Waals surface area contributed by atoms with Gasteiger partial charge in [-0.25, -0.2) is 9.78 Å². The third kappa shape index (κ3) is 4.06. The van der Waals surface area contributed by atoms with Crippen LogP contribution in [-0.4, -0.2) is 28.7 Å². The van der Waals surface area contributed by atoms with E-state index in [2.05, 4.69) is 23.4 Å². The maximum atomic E-state index is 13.0. The minimum absolute atomic E-state index is 0.157. The summed E-state index contributed by atoms with van der Waals surface area (Å²) in [5, 5.41) is 3.28. The Morgan fingerprint density at radius 1 is 1.23 bits per heavy atom. The number of fused-ring (bicyclic) bond motifs is 3. The van der Waals surface area contributed by atoms with Crippen LogP contribution in [0.3, 0.4) is 0 Å². The van der Waals surface area contributed by atoms with Gasteiger partial charge in [0.05, 0.1) is 29.3 Å². The van der Waals surface area contributed by atoms with Crippen LogP contribution in [0.1, 0.15) is 38.3 Å². The van der Waals surface area contributed by atoms with Crippen LogP contribution in [-0.2, 0) is 9.53 Å². The fourth-order valence-electron chi connectivity index (χ4n) is 3.84. The van der Waals surface area contributed by atoms with Crippen LogP contribution in [0.15, 0.2) is 72.5 Å². The molecule has 2 heterocycles. The number of nitrogens with one attached hydrogen (secondary N) is 1. The largest absolute Gasteiger partial charge is 0.494 e. The standard InChI is InChI=1S/C25H27N3O3/c1-4-6-16-30-19-13-11-18(12-14-19)23-22(24(29)31-15-5-2)17(3)26-25-27-20-9-7-8-10-21(20)28(23)25/h5,7-14,23H,2,4,6,15-16H2,1,3H3,(H,26,27)/t23-/m0/s1. The first-order chi connectivity index (χ1) is 15.1. The van der Waals surface area contributed by atoms with E-state index in [4.69, 9.17) is 14.5 Å². The maximum absolute atomic E-state index is 13.0. The average molecular weight is 418 g/mol. The summed E-state index contributed by atoms with van der Waals surface area (Å²) in [6.45, 7) is 8.51. The summed E-state index contributed by atoms with van der Waals surface area (Å²) < 4.78 is 13.3. The van der Waals surface area contributed by atoms with Crippen molar-refractivity contribution in [1.82, 2.24) is 9.55 Å². The lowest BCUT2D eigenvalue weighted by atomic mass is 9.95. The molecule has 6 nitrogen and oxygen atoms in total. The summed E-state index contributed by atoms with van der Waals surface area (Å²) >= 11 is 0. The van der Waals surface area contributed by atoms with Gasteiger partial charge in [-0.15, -0.1) is 0 Å². The molecule has 1 aliphatic rings. The van der Waals surface area contributed by atoms with Crippen molar-refractivity contribution in [1.29, 1.82) is 0 Å². The van der Waals surface area contributed by atoms with Gasteiger partial charge in [0.2, 0.25) is 5.95 Å². The minimum atomic E-state index is -0.374. The summed E-state index contributed by atoms with van der Waals surface area (Å²) in [5.74, 6) is 1.15. The number of benzene rings is 2. The second kappa shape index (κ2) is 9.08. The zero-order valence-corrected chi connectivity index (χ0v) is 17.9. The lowest BCUT2D eigenvalue weighted by molar-refractivity contribution is -0.138. The molecule has 0 fully saturated rings. The van der Waals surface area contributed by atoms with Crippen LogP contribution < -0.4 is 10.1 Å². The number of imidazole rings is 1. The minimum Gasteiger partial charge on any atom is -0.494 e. The zero-order chi connectivity index (χ0) is 21.8. The number of rotatable bonds is 8. The number of nitrogens with zero attached hydrogens (tertiary/aromatic N) is 2.